The Labute approximate surface area is 132 Å². The minimum Gasteiger partial charge on any atom is -0.480 e. The molecule has 1 saturated heterocycles. The predicted octanol–water partition coefficient (Wildman–Crippen LogP) is 1.51. The second-order valence-electron chi connectivity index (χ2n) is 5.52. The summed E-state index contributed by atoms with van der Waals surface area (Å²) in [5, 5.41) is 22.7. The number of nitrogens with one attached hydrogen (secondary N) is 1. The van der Waals surface area contributed by atoms with E-state index in [1.165, 1.54) is 12.1 Å². The van der Waals surface area contributed by atoms with Gasteiger partial charge in [0.25, 0.3) is 11.6 Å². The Hall–Kier alpha value is -2.48. The molecule has 8 nitrogen and oxygen atoms in total. The van der Waals surface area contributed by atoms with Crippen LogP contribution in [0.5, 0.6) is 0 Å². The molecule has 1 aromatic rings. The highest BCUT2D eigenvalue weighted by atomic mass is 16.6. The molecule has 2 rings (SSSR count). The number of nitro groups is 1. The maximum Gasteiger partial charge on any atom is 0.326 e. The smallest absolute Gasteiger partial charge is 0.326 e. The quantitative estimate of drug-likeness (QED) is 0.626. The summed E-state index contributed by atoms with van der Waals surface area (Å²) in [4.78, 5) is 34.0. The van der Waals surface area contributed by atoms with Gasteiger partial charge in [-0.05, 0) is 25.3 Å². The maximum atomic E-state index is 12.4. The Bertz CT molecular complexity index is 624. The fourth-order valence-electron chi connectivity index (χ4n) is 2.60. The lowest BCUT2D eigenvalue weighted by molar-refractivity contribution is -0.384. The molecule has 2 atom stereocenters. The number of aliphatic carboxylic acids is 1. The monoisotopic (exact) mass is 322 g/mol. The Balaban J connectivity index is 2.20. The fraction of sp³-hybridized carbons (Fsp3) is 0.467. The summed E-state index contributed by atoms with van der Waals surface area (Å²) in [5.41, 5.74) is 0.424. The summed E-state index contributed by atoms with van der Waals surface area (Å²) in [5.74, 6) is -2.09. The molecule has 124 valence electrons. The number of nitrogens with zero attached hydrogens (tertiary/aromatic N) is 1. The van der Waals surface area contributed by atoms with Crippen LogP contribution in [0.3, 0.4) is 0 Å². The number of amides is 1. The van der Waals surface area contributed by atoms with E-state index in [9.17, 15) is 24.8 Å². The van der Waals surface area contributed by atoms with E-state index < -0.39 is 22.8 Å². The zero-order chi connectivity index (χ0) is 17.0. The normalized spacial score (nSPS) is 18.9. The number of aryl methyl sites for hydroxylation is 1. The number of hydrogen-bond donors (Lipinski definition) is 2. The van der Waals surface area contributed by atoms with E-state index in [0.29, 0.717) is 18.6 Å². The van der Waals surface area contributed by atoms with Crippen LogP contribution in [0, 0.1) is 23.0 Å². The van der Waals surface area contributed by atoms with Crippen LogP contribution in [0.2, 0.25) is 0 Å². The molecular weight excluding hydrogens is 304 g/mol. The summed E-state index contributed by atoms with van der Waals surface area (Å²) in [6, 6.07) is 2.84. The van der Waals surface area contributed by atoms with Crippen molar-refractivity contribution < 1.29 is 24.4 Å². The zero-order valence-electron chi connectivity index (χ0n) is 12.7. The average Bonchev–Trinajstić information content (AvgIpc) is 2.53. The number of carbonyl (C=O) groups excluding carboxylic acids is 1. The summed E-state index contributed by atoms with van der Waals surface area (Å²) in [6.07, 6.45) is 1.38. The van der Waals surface area contributed by atoms with Crippen molar-refractivity contribution in [2.45, 2.75) is 25.8 Å². The first kappa shape index (κ1) is 16.9. The van der Waals surface area contributed by atoms with Gasteiger partial charge in [-0.15, -0.1) is 0 Å². The maximum absolute atomic E-state index is 12.4. The van der Waals surface area contributed by atoms with Gasteiger partial charge in [0.15, 0.2) is 0 Å². The molecule has 23 heavy (non-hydrogen) atoms. The molecule has 1 aromatic carbocycles. The number of non-ortho nitro benzene ring substituents is 1. The Morgan fingerprint density at radius 2 is 2.22 bits per heavy atom. The Morgan fingerprint density at radius 1 is 1.48 bits per heavy atom. The third-order valence-corrected chi connectivity index (χ3v) is 3.90. The van der Waals surface area contributed by atoms with E-state index in [2.05, 4.69) is 5.32 Å². The number of nitro benzene ring substituents is 1. The molecule has 0 radical (unpaired) electrons. The van der Waals surface area contributed by atoms with Gasteiger partial charge >= 0.3 is 5.97 Å². The van der Waals surface area contributed by atoms with Crippen LogP contribution in [0.15, 0.2) is 18.2 Å². The molecule has 0 aliphatic carbocycles. The van der Waals surface area contributed by atoms with Crippen LogP contribution in [0.4, 0.5) is 5.69 Å². The molecule has 0 bridgehead atoms. The lowest BCUT2D eigenvalue weighted by Gasteiger charge is -2.28. The molecule has 0 saturated carbocycles. The minimum absolute atomic E-state index is 0.0992. The van der Waals surface area contributed by atoms with Crippen LogP contribution in [-0.4, -0.2) is 41.2 Å². The highest BCUT2D eigenvalue weighted by molar-refractivity contribution is 5.98. The number of carboxylic acid groups (broad SMARTS) is 1. The van der Waals surface area contributed by atoms with E-state index in [4.69, 9.17) is 4.74 Å². The first-order valence-corrected chi connectivity index (χ1v) is 7.26. The van der Waals surface area contributed by atoms with Crippen molar-refractivity contribution in [3.63, 3.8) is 0 Å². The van der Waals surface area contributed by atoms with Crippen molar-refractivity contribution in [1.82, 2.24) is 5.32 Å². The van der Waals surface area contributed by atoms with Crippen molar-refractivity contribution in [1.29, 1.82) is 0 Å². The van der Waals surface area contributed by atoms with Crippen molar-refractivity contribution in [3.8, 4) is 0 Å². The second-order valence-corrected chi connectivity index (χ2v) is 5.52. The zero-order valence-corrected chi connectivity index (χ0v) is 12.7. The van der Waals surface area contributed by atoms with Gasteiger partial charge in [-0.2, -0.15) is 0 Å². The lowest BCUT2D eigenvalue weighted by Crippen LogP contribution is -2.48. The molecule has 1 amide bonds. The molecule has 0 spiro atoms. The van der Waals surface area contributed by atoms with Gasteiger partial charge in [-0.25, -0.2) is 4.79 Å². The van der Waals surface area contributed by atoms with E-state index in [1.54, 1.807) is 6.92 Å². The van der Waals surface area contributed by atoms with Crippen LogP contribution in [-0.2, 0) is 9.53 Å². The van der Waals surface area contributed by atoms with E-state index in [-0.39, 0.29) is 23.8 Å². The summed E-state index contributed by atoms with van der Waals surface area (Å²) < 4.78 is 5.27. The van der Waals surface area contributed by atoms with Gasteiger partial charge < -0.3 is 15.2 Å². The number of carboxylic acids is 1. The van der Waals surface area contributed by atoms with E-state index in [0.717, 1.165) is 12.5 Å². The molecule has 2 N–H and O–H groups in total. The summed E-state index contributed by atoms with van der Waals surface area (Å²) in [6.45, 7) is 2.49. The second kappa shape index (κ2) is 7.19. The van der Waals surface area contributed by atoms with Gasteiger partial charge in [0.2, 0.25) is 0 Å². The molecule has 8 heteroatoms. The minimum atomic E-state index is -1.14. The summed E-state index contributed by atoms with van der Waals surface area (Å²) in [7, 11) is 0. The van der Waals surface area contributed by atoms with Crippen molar-refractivity contribution in [2.75, 3.05) is 13.2 Å². The first-order valence-electron chi connectivity index (χ1n) is 7.26. The van der Waals surface area contributed by atoms with Crippen LogP contribution < -0.4 is 5.32 Å². The summed E-state index contributed by atoms with van der Waals surface area (Å²) >= 11 is 0. The highest BCUT2D eigenvalue weighted by Gasteiger charge is 2.32. The largest absolute Gasteiger partial charge is 0.480 e. The number of ether oxygens (including phenoxy) is 1. The third kappa shape index (κ3) is 4.04. The van der Waals surface area contributed by atoms with Gasteiger partial charge in [-0.1, -0.05) is 6.07 Å². The first-order chi connectivity index (χ1) is 10.9. The SMILES string of the molecule is Cc1ccc([N+](=O)[O-])cc1C(=O)NC(C(=O)O)C1CCCOC1. The molecule has 1 aliphatic heterocycles. The molecule has 0 aromatic heterocycles. The highest BCUT2D eigenvalue weighted by Crippen LogP contribution is 2.20. The van der Waals surface area contributed by atoms with Crippen molar-refractivity contribution in [3.05, 3.63) is 39.4 Å². The van der Waals surface area contributed by atoms with Crippen LogP contribution >= 0.6 is 0 Å². The van der Waals surface area contributed by atoms with Crippen molar-refractivity contribution >= 4 is 17.6 Å². The van der Waals surface area contributed by atoms with Gasteiger partial charge in [0.1, 0.15) is 6.04 Å². The van der Waals surface area contributed by atoms with Crippen molar-refractivity contribution in [2.24, 2.45) is 5.92 Å². The van der Waals surface area contributed by atoms with E-state index >= 15 is 0 Å². The fourth-order valence-corrected chi connectivity index (χ4v) is 2.60. The number of rotatable bonds is 5. The molecular formula is C15H18N2O6. The van der Waals surface area contributed by atoms with Gasteiger partial charge in [0.05, 0.1) is 11.5 Å². The average molecular weight is 322 g/mol. The third-order valence-electron chi connectivity index (χ3n) is 3.90. The van der Waals surface area contributed by atoms with Gasteiger partial charge in [0, 0.05) is 30.2 Å². The number of benzene rings is 1. The Morgan fingerprint density at radius 3 is 2.78 bits per heavy atom. The molecule has 1 heterocycles. The lowest BCUT2D eigenvalue weighted by atomic mass is 9.93. The topological polar surface area (TPSA) is 119 Å². The van der Waals surface area contributed by atoms with Gasteiger partial charge in [-0.3, -0.25) is 14.9 Å². The standard InChI is InChI=1S/C15H18N2O6/c1-9-4-5-11(17(21)22)7-12(9)14(18)16-13(15(19)20)10-3-2-6-23-8-10/h4-5,7,10,13H,2-3,6,8H2,1H3,(H,16,18)(H,19,20). The predicted molar refractivity (Wildman–Crippen MR) is 80.3 cm³/mol. The van der Waals surface area contributed by atoms with Crippen LogP contribution in [0.1, 0.15) is 28.8 Å². The number of carbonyl (C=O) groups is 2. The molecule has 2 unspecified atom stereocenters. The molecule has 1 fully saturated rings. The number of hydrogen-bond acceptors (Lipinski definition) is 5. The van der Waals surface area contributed by atoms with E-state index in [1.807, 2.05) is 0 Å². The Kier molecular flexibility index (Phi) is 5.28. The molecule has 1 aliphatic rings. The van der Waals surface area contributed by atoms with Crippen LogP contribution in [0.25, 0.3) is 0 Å².